The molecule has 1 atom stereocenters. The average molecular weight is 449 g/mol. The van der Waals surface area contributed by atoms with Crippen LogP contribution in [-0.2, 0) is 6.42 Å². The Kier molecular flexibility index (Phi) is 6.31. The van der Waals surface area contributed by atoms with Gasteiger partial charge in [-0.15, -0.1) is 0 Å². The zero-order valence-corrected chi connectivity index (χ0v) is 18.9. The molecule has 1 aliphatic heterocycles. The van der Waals surface area contributed by atoms with E-state index in [-0.39, 0.29) is 18.6 Å². The third-order valence-corrected chi connectivity index (χ3v) is 6.50. The second-order valence-corrected chi connectivity index (χ2v) is 8.60. The van der Waals surface area contributed by atoms with E-state index in [0.29, 0.717) is 29.1 Å². The molecule has 1 saturated heterocycles. The quantitative estimate of drug-likeness (QED) is 0.634. The SMILES string of the molecule is Cc1nn(-c2ccc(C#N)c(Cl)c2)c(C)c1Cc1ccc(C(=O)N2CCC[C@H]2CO)cc1. The molecule has 0 spiro atoms. The monoisotopic (exact) mass is 448 g/mol. The van der Waals surface area contributed by atoms with Crippen LogP contribution < -0.4 is 0 Å². The third kappa shape index (κ3) is 4.14. The maximum Gasteiger partial charge on any atom is 0.254 e. The van der Waals surface area contributed by atoms with Gasteiger partial charge in [0.25, 0.3) is 5.91 Å². The minimum Gasteiger partial charge on any atom is -0.394 e. The van der Waals surface area contributed by atoms with Crippen LogP contribution in [0.15, 0.2) is 42.5 Å². The molecule has 32 heavy (non-hydrogen) atoms. The van der Waals surface area contributed by atoms with Crippen LogP contribution in [0.1, 0.15) is 51.3 Å². The molecule has 1 aromatic heterocycles. The minimum absolute atomic E-state index is 0.0107. The molecule has 2 heterocycles. The van der Waals surface area contributed by atoms with Crippen LogP contribution in [0.2, 0.25) is 5.02 Å². The van der Waals surface area contributed by atoms with Gasteiger partial charge in [-0.1, -0.05) is 23.7 Å². The molecular weight excluding hydrogens is 424 g/mol. The number of nitriles is 1. The summed E-state index contributed by atoms with van der Waals surface area (Å²) < 4.78 is 1.85. The van der Waals surface area contributed by atoms with Crippen molar-refractivity contribution in [3.05, 3.63) is 81.1 Å². The molecule has 7 heteroatoms. The number of carbonyl (C=O) groups is 1. The van der Waals surface area contributed by atoms with Crippen LogP contribution >= 0.6 is 11.6 Å². The molecule has 1 aliphatic rings. The second-order valence-electron chi connectivity index (χ2n) is 8.19. The first kappa shape index (κ1) is 22.1. The lowest BCUT2D eigenvalue weighted by atomic mass is 10.0. The van der Waals surface area contributed by atoms with Crippen LogP contribution in [0, 0.1) is 25.2 Å². The van der Waals surface area contributed by atoms with Gasteiger partial charge in [0, 0.05) is 29.8 Å². The van der Waals surface area contributed by atoms with E-state index in [1.54, 1.807) is 17.0 Å². The predicted octanol–water partition coefficient (Wildman–Crippen LogP) is 4.20. The number of hydrogen-bond acceptors (Lipinski definition) is 4. The topological polar surface area (TPSA) is 82.2 Å². The number of carbonyl (C=O) groups excluding carboxylic acids is 1. The highest BCUT2D eigenvalue weighted by Crippen LogP contribution is 2.25. The van der Waals surface area contributed by atoms with Crippen molar-refractivity contribution in [3.63, 3.8) is 0 Å². The van der Waals surface area contributed by atoms with Gasteiger partial charge in [-0.25, -0.2) is 4.68 Å². The number of aliphatic hydroxyl groups excluding tert-OH is 1. The van der Waals surface area contributed by atoms with Crippen LogP contribution in [0.25, 0.3) is 5.69 Å². The van der Waals surface area contributed by atoms with Crippen molar-refractivity contribution in [2.75, 3.05) is 13.2 Å². The van der Waals surface area contributed by atoms with Crippen LogP contribution in [0.4, 0.5) is 0 Å². The third-order valence-electron chi connectivity index (χ3n) is 6.19. The molecule has 6 nitrogen and oxygen atoms in total. The molecular formula is C25H25ClN4O2. The molecule has 164 valence electrons. The van der Waals surface area contributed by atoms with E-state index in [2.05, 4.69) is 11.2 Å². The molecule has 3 aromatic rings. The minimum atomic E-state index is -0.0750. The number of aromatic nitrogens is 2. The number of likely N-dealkylation sites (tertiary alicyclic amines) is 1. The summed E-state index contributed by atoms with van der Waals surface area (Å²) in [5.74, 6) is -0.0222. The normalized spacial score (nSPS) is 15.7. The Morgan fingerprint density at radius 1 is 1.25 bits per heavy atom. The fraction of sp³-hybridized carbons (Fsp3) is 0.320. The van der Waals surface area contributed by atoms with Crippen molar-refractivity contribution in [1.82, 2.24) is 14.7 Å². The smallest absolute Gasteiger partial charge is 0.254 e. The number of halogens is 1. The molecule has 1 N–H and O–H groups in total. The molecule has 0 bridgehead atoms. The first-order valence-corrected chi connectivity index (χ1v) is 11.1. The van der Waals surface area contributed by atoms with E-state index in [1.165, 1.54) is 0 Å². The largest absolute Gasteiger partial charge is 0.394 e. The van der Waals surface area contributed by atoms with E-state index >= 15 is 0 Å². The van der Waals surface area contributed by atoms with Gasteiger partial charge in [0.2, 0.25) is 0 Å². The molecule has 0 unspecified atom stereocenters. The van der Waals surface area contributed by atoms with E-state index < -0.39 is 0 Å². The van der Waals surface area contributed by atoms with Crippen molar-refractivity contribution in [1.29, 1.82) is 5.26 Å². The van der Waals surface area contributed by atoms with Gasteiger partial charge in [0.05, 0.1) is 34.6 Å². The summed E-state index contributed by atoms with van der Waals surface area (Å²) in [6.07, 6.45) is 2.48. The van der Waals surface area contributed by atoms with Gasteiger partial charge in [0.1, 0.15) is 6.07 Å². The summed E-state index contributed by atoms with van der Waals surface area (Å²) in [5, 5.41) is 23.7. The standard InChI is InChI=1S/C25H25ClN4O2/c1-16-23(17(2)30(28-16)21-10-9-20(14-27)24(26)13-21)12-18-5-7-19(8-6-18)25(32)29-11-3-4-22(29)15-31/h5-10,13,22,31H,3-4,11-12,15H2,1-2H3/t22-/m0/s1. The van der Waals surface area contributed by atoms with Gasteiger partial charge in [-0.2, -0.15) is 10.4 Å². The van der Waals surface area contributed by atoms with Crippen molar-refractivity contribution >= 4 is 17.5 Å². The van der Waals surface area contributed by atoms with E-state index in [0.717, 1.165) is 41.0 Å². The number of aryl methyl sites for hydroxylation is 1. The van der Waals surface area contributed by atoms with E-state index in [1.807, 2.05) is 48.9 Å². The fourth-order valence-electron chi connectivity index (χ4n) is 4.34. The lowest BCUT2D eigenvalue weighted by Gasteiger charge is -2.23. The molecule has 1 fully saturated rings. The van der Waals surface area contributed by atoms with Gasteiger partial charge in [0.15, 0.2) is 0 Å². The lowest BCUT2D eigenvalue weighted by molar-refractivity contribution is 0.0677. The Bertz CT molecular complexity index is 1190. The van der Waals surface area contributed by atoms with Crippen molar-refractivity contribution in [3.8, 4) is 11.8 Å². The number of benzene rings is 2. The van der Waals surface area contributed by atoms with Crippen LogP contribution in [-0.4, -0.2) is 44.9 Å². The molecule has 0 saturated carbocycles. The highest BCUT2D eigenvalue weighted by atomic mass is 35.5. The highest BCUT2D eigenvalue weighted by molar-refractivity contribution is 6.31. The summed E-state index contributed by atoms with van der Waals surface area (Å²) in [5.41, 5.74) is 6.02. The van der Waals surface area contributed by atoms with Crippen LogP contribution in [0.3, 0.4) is 0 Å². The number of nitrogens with zero attached hydrogens (tertiary/aromatic N) is 4. The lowest BCUT2D eigenvalue weighted by Crippen LogP contribution is -2.37. The summed E-state index contributed by atoms with van der Waals surface area (Å²) >= 11 is 6.21. The van der Waals surface area contributed by atoms with Crippen molar-refractivity contribution < 1.29 is 9.90 Å². The summed E-state index contributed by atoms with van der Waals surface area (Å²) in [7, 11) is 0. The van der Waals surface area contributed by atoms with E-state index in [9.17, 15) is 9.90 Å². The molecule has 4 rings (SSSR count). The second kappa shape index (κ2) is 9.15. The van der Waals surface area contributed by atoms with Gasteiger partial charge < -0.3 is 10.0 Å². The van der Waals surface area contributed by atoms with Crippen LogP contribution in [0.5, 0.6) is 0 Å². The Labute approximate surface area is 192 Å². The summed E-state index contributed by atoms with van der Waals surface area (Å²) in [6.45, 7) is 4.70. The fourth-order valence-corrected chi connectivity index (χ4v) is 4.55. The Morgan fingerprint density at radius 2 is 2.00 bits per heavy atom. The zero-order chi connectivity index (χ0) is 22.8. The molecule has 0 radical (unpaired) electrons. The molecule has 2 aromatic carbocycles. The first-order valence-electron chi connectivity index (χ1n) is 10.7. The number of rotatable bonds is 5. The predicted molar refractivity (Wildman–Crippen MR) is 123 cm³/mol. The summed E-state index contributed by atoms with van der Waals surface area (Å²) in [4.78, 5) is 14.6. The first-order chi connectivity index (χ1) is 15.4. The average Bonchev–Trinajstić information content (AvgIpc) is 3.39. The van der Waals surface area contributed by atoms with Crippen molar-refractivity contribution in [2.24, 2.45) is 0 Å². The summed E-state index contributed by atoms with van der Waals surface area (Å²) in [6, 6.07) is 15.0. The van der Waals surface area contributed by atoms with E-state index in [4.69, 9.17) is 16.9 Å². The molecule has 0 aliphatic carbocycles. The Balaban J connectivity index is 1.54. The van der Waals surface area contributed by atoms with Gasteiger partial charge in [-0.3, -0.25) is 4.79 Å². The van der Waals surface area contributed by atoms with Crippen molar-refractivity contribution in [2.45, 2.75) is 39.2 Å². The number of amides is 1. The van der Waals surface area contributed by atoms with Gasteiger partial charge >= 0.3 is 0 Å². The zero-order valence-electron chi connectivity index (χ0n) is 18.2. The Hall–Kier alpha value is -3.14. The highest BCUT2D eigenvalue weighted by Gasteiger charge is 2.28. The number of hydrogen-bond donors (Lipinski definition) is 1. The molecule has 1 amide bonds. The van der Waals surface area contributed by atoms with Gasteiger partial charge in [-0.05, 0) is 62.6 Å². The number of aliphatic hydroxyl groups is 1. The Morgan fingerprint density at radius 3 is 2.66 bits per heavy atom. The maximum atomic E-state index is 12.8. The maximum absolute atomic E-state index is 12.8.